The van der Waals surface area contributed by atoms with Crippen LogP contribution < -0.4 is 0 Å². The van der Waals surface area contributed by atoms with Crippen molar-refractivity contribution in [3.8, 4) is 0 Å². The summed E-state index contributed by atoms with van der Waals surface area (Å²) in [4.78, 5) is 27.0. The summed E-state index contributed by atoms with van der Waals surface area (Å²) in [5.74, 6) is 0.255. The third kappa shape index (κ3) is 6.59. The molecular weight excluding hydrogens is 520 g/mol. The molecule has 0 saturated carbocycles. The minimum atomic E-state index is 0. The molecule has 0 fully saturated rings. The van der Waals surface area contributed by atoms with E-state index in [-0.39, 0.29) is 37.6 Å². The Bertz CT molecular complexity index is 857. The van der Waals surface area contributed by atoms with E-state index in [4.69, 9.17) is 9.90 Å². The largest absolute Gasteiger partial charge is 0.512 e. The quantitative estimate of drug-likeness (QED) is 0.272. The Morgan fingerprint density at radius 1 is 1.22 bits per heavy atom. The van der Waals surface area contributed by atoms with Crippen molar-refractivity contribution >= 4 is 23.1 Å². The first-order chi connectivity index (χ1) is 12.4. The van der Waals surface area contributed by atoms with Gasteiger partial charge in [0.2, 0.25) is 0 Å². The summed E-state index contributed by atoms with van der Waals surface area (Å²) in [7, 11) is 1.79. The van der Waals surface area contributed by atoms with E-state index in [1.54, 1.807) is 11.9 Å². The van der Waals surface area contributed by atoms with E-state index in [2.05, 4.69) is 11.1 Å². The summed E-state index contributed by atoms with van der Waals surface area (Å²) < 4.78 is 0. The second kappa shape index (κ2) is 10.6. The molecule has 3 rings (SSSR count). The van der Waals surface area contributed by atoms with Crippen LogP contribution >= 0.6 is 0 Å². The van der Waals surface area contributed by atoms with Gasteiger partial charge in [-0.15, -0.1) is 35.9 Å². The van der Waals surface area contributed by atoms with E-state index in [1.807, 2.05) is 48.5 Å². The van der Waals surface area contributed by atoms with Crippen molar-refractivity contribution in [3.63, 3.8) is 0 Å². The van der Waals surface area contributed by atoms with Crippen LogP contribution in [0.2, 0.25) is 0 Å². The number of fused-ring (bicyclic) bond motifs is 1. The predicted molar refractivity (Wildman–Crippen MR) is 104 cm³/mol. The van der Waals surface area contributed by atoms with Crippen molar-refractivity contribution in [2.75, 3.05) is 13.6 Å². The van der Waals surface area contributed by atoms with Gasteiger partial charge >= 0.3 is 5.78 Å². The van der Waals surface area contributed by atoms with Crippen LogP contribution in [0.4, 0.5) is 5.69 Å². The minimum Gasteiger partial charge on any atom is -0.512 e. The number of aliphatic hydroxyl groups is 1. The zero-order valence-corrected chi connectivity index (χ0v) is 17.8. The van der Waals surface area contributed by atoms with Gasteiger partial charge in [-0.25, -0.2) is 0 Å². The number of rotatable bonds is 2. The van der Waals surface area contributed by atoms with Crippen molar-refractivity contribution in [2.24, 2.45) is 4.99 Å². The number of para-hydroxylation sites is 1. The van der Waals surface area contributed by atoms with Gasteiger partial charge in [-0.2, -0.15) is 0 Å². The number of benzene rings is 2. The summed E-state index contributed by atoms with van der Waals surface area (Å²) in [6, 6.07) is 18.3. The Morgan fingerprint density at radius 3 is 2.44 bits per heavy atom. The molecule has 27 heavy (non-hydrogen) atoms. The molecule has 0 spiro atoms. The van der Waals surface area contributed by atoms with Gasteiger partial charge in [0, 0.05) is 33.7 Å². The Balaban J connectivity index is 0.000000395. The van der Waals surface area contributed by atoms with Crippen molar-refractivity contribution in [1.29, 1.82) is 0 Å². The Morgan fingerprint density at radius 2 is 1.89 bits per heavy atom. The summed E-state index contributed by atoms with van der Waals surface area (Å²) >= 11 is 0. The van der Waals surface area contributed by atoms with Crippen molar-refractivity contribution < 1.29 is 34.8 Å². The number of carbonyl (C=O) groups is 1. The van der Waals surface area contributed by atoms with Crippen LogP contribution in [-0.4, -0.2) is 45.8 Å². The maximum Gasteiger partial charge on any atom is 0.316 e. The van der Waals surface area contributed by atoms with Gasteiger partial charge in [-0.3, -0.25) is 14.6 Å². The van der Waals surface area contributed by atoms with Gasteiger partial charge in [-0.05, 0) is 24.8 Å². The summed E-state index contributed by atoms with van der Waals surface area (Å²) in [6.45, 7) is 3.49. The second-order valence-electron chi connectivity index (χ2n) is 5.94. The average molecular weight is 543 g/mol. The topological polar surface area (TPSA) is 74.3 Å². The Labute approximate surface area is 172 Å². The van der Waals surface area contributed by atoms with E-state index < -0.39 is 0 Å². The molecule has 1 aliphatic heterocycles. The molecule has 0 aromatic heterocycles. The zero-order valence-electron chi connectivity index (χ0n) is 15.4. The van der Waals surface area contributed by atoms with Gasteiger partial charge in [0.25, 0.3) is 5.91 Å². The fourth-order valence-electron chi connectivity index (χ4n) is 2.46. The van der Waals surface area contributed by atoms with Crippen LogP contribution in [0, 0.1) is 6.07 Å². The summed E-state index contributed by atoms with van der Waals surface area (Å²) in [6.07, 6.45) is 1.28. The van der Waals surface area contributed by atoms with E-state index in [9.17, 15) is 4.79 Å². The van der Waals surface area contributed by atoms with Gasteiger partial charge < -0.3 is 10.0 Å². The summed E-state index contributed by atoms with van der Waals surface area (Å²) in [5, 5.41) is 8.40. The van der Waals surface area contributed by atoms with Crippen molar-refractivity contribution in [1.82, 2.24) is 4.90 Å². The van der Waals surface area contributed by atoms with E-state index in [1.165, 1.54) is 19.9 Å². The number of ketones is 1. The number of carbonyl (C=O) groups excluding carboxylic acids is 2. The molecule has 1 radical (unpaired) electrons. The first kappa shape index (κ1) is 22.5. The van der Waals surface area contributed by atoms with Crippen LogP contribution in [0.3, 0.4) is 0 Å². The third-order valence-electron chi connectivity index (χ3n) is 3.56. The molecule has 2 N–H and O–H groups in total. The Hall–Kier alpha value is -2.56. The van der Waals surface area contributed by atoms with Crippen molar-refractivity contribution in [3.05, 3.63) is 77.6 Å². The van der Waals surface area contributed by atoms with Gasteiger partial charge in [0.15, 0.2) is 0 Å². The first-order valence-corrected chi connectivity index (χ1v) is 8.17. The average Bonchev–Trinajstić information content (AvgIpc) is 2.73. The number of likely N-dealkylation sites (N-methyl/N-ethyl adjacent to an activating group) is 1. The molecule has 0 aliphatic carbocycles. The van der Waals surface area contributed by atoms with Gasteiger partial charge in [0.05, 0.1) is 30.0 Å². The second-order valence-corrected chi connectivity index (χ2v) is 5.94. The number of amides is 1. The van der Waals surface area contributed by atoms with Gasteiger partial charge in [0.1, 0.15) is 0 Å². The molecule has 5 nitrogen and oxygen atoms in total. The molecule has 1 amide bonds. The number of hydrogen-bond acceptors (Lipinski definition) is 3. The molecule has 143 valence electrons. The molecule has 0 bridgehead atoms. The van der Waals surface area contributed by atoms with Crippen LogP contribution in [0.15, 0.2) is 65.4 Å². The van der Waals surface area contributed by atoms with E-state index in [0.29, 0.717) is 12.1 Å². The summed E-state index contributed by atoms with van der Waals surface area (Å²) in [5.41, 5.74) is 3.17. The number of allylic oxidation sites excluding steroid dienone is 2. The SMILES string of the molecule is CC(=[OH+])/C=C(/C)O.CN1CC(c2[c-]cccc2)=Nc2ccccc2C1=O.[Ir]. The smallest absolute Gasteiger partial charge is 0.316 e. The van der Waals surface area contributed by atoms with E-state index >= 15 is 0 Å². The molecule has 0 saturated heterocycles. The van der Waals surface area contributed by atoms with Gasteiger partial charge in [-0.1, -0.05) is 12.1 Å². The van der Waals surface area contributed by atoms with Crippen LogP contribution in [0.1, 0.15) is 29.8 Å². The van der Waals surface area contributed by atoms with Crippen LogP contribution in [-0.2, 0) is 20.1 Å². The molecule has 0 unspecified atom stereocenters. The maximum absolute atomic E-state index is 12.3. The fraction of sp³-hybridized carbons (Fsp3) is 0.190. The number of nitrogens with zero attached hydrogens (tertiary/aromatic N) is 2. The Kier molecular flexibility index (Phi) is 8.79. The first-order valence-electron chi connectivity index (χ1n) is 8.17. The molecular formula is C21H22IrN2O3. The third-order valence-corrected chi connectivity index (χ3v) is 3.56. The maximum atomic E-state index is 12.3. The minimum absolute atomic E-state index is 0. The van der Waals surface area contributed by atoms with E-state index in [0.717, 1.165) is 17.0 Å². The van der Waals surface area contributed by atoms with Crippen molar-refractivity contribution in [2.45, 2.75) is 13.8 Å². The molecule has 6 heteroatoms. The molecule has 0 atom stereocenters. The number of aliphatic hydroxyl groups excluding tert-OH is 1. The zero-order chi connectivity index (χ0) is 19.1. The standard InChI is InChI=1S/C16H13N2O.C5H8O2.Ir/c1-18-11-15(12-7-3-2-4-8-12)17-14-10-6-5-9-13(14)16(18)19;1-4(6)3-5(2)7;/h2-7,9-10H,11H2,1H3;3,6H,1-2H3;/q-1;;/p+1/b;4-3-;. The molecule has 2 aromatic rings. The normalized spacial score (nSPS) is 13.3. The predicted octanol–water partition coefficient (Wildman–Crippen LogP) is 3.70. The molecule has 2 aromatic carbocycles. The number of hydrogen-bond donors (Lipinski definition) is 1. The monoisotopic (exact) mass is 543 g/mol. The fourth-order valence-corrected chi connectivity index (χ4v) is 2.46. The molecule has 1 aliphatic rings. The van der Waals surface area contributed by atoms with Crippen LogP contribution in [0.5, 0.6) is 0 Å². The van der Waals surface area contributed by atoms with Crippen LogP contribution in [0.25, 0.3) is 0 Å². The number of aliphatic imine (C=N–C) groups is 1. The molecule has 1 heterocycles.